The van der Waals surface area contributed by atoms with Gasteiger partial charge in [0.05, 0.1) is 28.6 Å². The molecule has 1 aliphatic rings. The Kier molecular flexibility index (Phi) is 4.85. The molecule has 1 N–H and O–H groups in total. The molecule has 1 amide bonds. The summed E-state index contributed by atoms with van der Waals surface area (Å²) >= 11 is 1.29. The van der Waals surface area contributed by atoms with E-state index < -0.39 is 23.5 Å². The number of thiazole rings is 1. The Morgan fingerprint density at radius 1 is 1.11 bits per heavy atom. The number of furan rings is 1. The van der Waals surface area contributed by atoms with Crippen molar-refractivity contribution in [3.05, 3.63) is 95.7 Å². The van der Waals surface area contributed by atoms with E-state index in [0.717, 1.165) is 4.70 Å². The lowest BCUT2D eigenvalue weighted by atomic mass is 9.98. The highest BCUT2D eigenvalue weighted by atomic mass is 32.1. The molecule has 1 aliphatic heterocycles. The SMILES string of the molecule is COc1cccc2cc(C(=O)C3=C(O)C(=O)N(c4nc5ccccc5s4)C3c3ccccn3)oc12. The number of para-hydroxylation sites is 2. The zero-order valence-electron chi connectivity index (χ0n) is 18.3. The number of methoxy groups -OCH3 is 1. The maximum absolute atomic E-state index is 13.7. The first kappa shape index (κ1) is 21.1. The van der Waals surface area contributed by atoms with Crippen molar-refractivity contribution < 1.29 is 23.8 Å². The Bertz CT molecular complexity index is 1620. The van der Waals surface area contributed by atoms with E-state index in [1.54, 1.807) is 48.7 Å². The fourth-order valence-electron chi connectivity index (χ4n) is 4.26. The van der Waals surface area contributed by atoms with Gasteiger partial charge in [0.25, 0.3) is 5.91 Å². The van der Waals surface area contributed by atoms with Crippen molar-refractivity contribution in [2.45, 2.75) is 6.04 Å². The molecular weight excluding hydrogens is 466 g/mol. The van der Waals surface area contributed by atoms with E-state index in [1.807, 2.05) is 24.3 Å². The Labute approximate surface area is 202 Å². The molecule has 5 aromatic rings. The van der Waals surface area contributed by atoms with Crippen LogP contribution >= 0.6 is 11.3 Å². The minimum Gasteiger partial charge on any atom is -0.503 e. The van der Waals surface area contributed by atoms with Crippen LogP contribution in [0.25, 0.3) is 21.2 Å². The number of carbonyl (C=O) groups is 2. The Balaban J connectivity index is 1.50. The predicted octanol–water partition coefficient (Wildman–Crippen LogP) is 5.23. The molecule has 35 heavy (non-hydrogen) atoms. The van der Waals surface area contributed by atoms with Gasteiger partial charge < -0.3 is 14.3 Å². The van der Waals surface area contributed by atoms with Gasteiger partial charge in [-0.15, -0.1) is 0 Å². The van der Waals surface area contributed by atoms with Gasteiger partial charge in [0.2, 0.25) is 5.78 Å². The maximum Gasteiger partial charge on any atom is 0.296 e. The summed E-state index contributed by atoms with van der Waals surface area (Å²) in [6, 6.07) is 18.6. The standard InChI is InChI=1S/C26H17N3O5S/c1-33-17-10-6-7-14-13-18(34-24(14)17)22(30)20-21(16-9-4-5-12-27-16)29(25(32)23(20)31)26-28-15-8-2-3-11-19(15)35-26/h2-13,21,31H,1H3. The number of benzene rings is 2. The first-order valence-corrected chi connectivity index (χ1v) is 11.5. The number of ether oxygens (including phenoxy) is 1. The summed E-state index contributed by atoms with van der Waals surface area (Å²) in [5, 5.41) is 12.0. The van der Waals surface area contributed by atoms with E-state index in [0.29, 0.717) is 33.1 Å². The molecule has 3 aromatic heterocycles. The highest BCUT2D eigenvalue weighted by Gasteiger charge is 2.47. The third kappa shape index (κ3) is 3.28. The number of anilines is 1. The summed E-state index contributed by atoms with van der Waals surface area (Å²) < 4.78 is 12.0. The third-order valence-corrected chi connectivity index (χ3v) is 6.90. The van der Waals surface area contributed by atoms with Crippen molar-refractivity contribution in [1.82, 2.24) is 9.97 Å². The van der Waals surface area contributed by atoms with E-state index in [1.165, 1.54) is 23.3 Å². The fraction of sp³-hybridized carbons (Fsp3) is 0.0769. The van der Waals surface area contributed by atoms with E-state index in [-0.39, 0.29) is 11.3 Å². The van der Waals surface area contributed by atoms with Gasteiger partial charge in [0, 0.05) is 11.6 Å². The van der Waals surface area contributed by atoms with Gasteiger partial charge in [-0.05, 0) is 36.4 Å². The van der Waals surface area contributed by atoms with E-state index in [9.17, 15) is 14.7 Å². The molecule has 8 nitrogen and oxygen atoms in total. The molecule has 0 aliphatic carbocycles. The summed E-state index contributed by atoms with van der Waals surface area (Å²) in [5.74, 6) is -1.55. The number of fused-ring (bicyclic) bond motifs is 2. The number of rotatable bonds is 5. The van der Waals surface area contributed by atoms with Crippen LogP contribution in [-0.2, 0) is 4.79 Å². The van der Waals surface area contributed by atoms with Crippen molar-refractivity contribution >= 4 is 49.3 Å². The molecule has 0 radical (unpaired) electrons. The third-order valence-electron chi connectivity index (χ3n) is 5.86. The molecule has 9 heteroatoms. The van der Waals surface area contributed by atoms with Crippen molar-refractivity contribution in [3.8, 4) is 5.75 Å². The quantitative estimate of drug-likeness (QED) is 0.341. The second kappa shape index (κ2) is 8.07. The zero-order valence-corrected chi connectivity index (χ0v) is 19.2. The lowest BCUT2D eigenvalue weighted by Crippen LogP contribution is -2.31. The highest BCUT2D eigenvalue weighted by molar-refractivity contribution is 7.22. The fourth-order valence-corrected chi connectivity index (χ4v) is 5.25. The molecule has 1 atom stereocenters. The first-order valence-electron chi connectivity index (χ1n) is 10.7. The van der Waals surface area contributed by atoms with E-state index in [4.69, 9.17) is 9.15 Å². The highest BCUT2D eigenvalue weighted by Crippen LogP contribution is 2.44. The molecule has 2 aromatic carbocycles. The van der Waals surface area contributed by atoms with E-state index >= 15 is 0 Å². The van der Waals surface area contributed by atoms with Gasteiger partial charge in [-0.3, -0.25) is 19.5 Å². The van der Waals surface area contributed by atoms with Crippen LogP contribution in [0.4, 0.5) is 5.13 Å². The van der Waals surface area contributed by atoms with Crippen molar-refractivity contribution in [2.75, 3.05) is 12.0 Å². The normalized spacial score (nSPS) is 16.0. The average Bonchev–Trinajstić information content (AvgIpc) is 3.58. The number of hydrogen-bond acceptors (Lipinski definition) is 8. The number of Topliss-reactive ketones (excluding diaryl/α,β-unsaturated/α-hetero) is 1. The number of aliphatic hydroxyl groups excluding tert-OH is 1. The predicted molar refractivity (Wildman–Crippen MR) is 131 cm³/mol. The maximum atomic E-state index is 13.7. The van der Waals surface area contributed by atoms with Crippen LogP contribution in [0.3, 0.4) is 0 Å². The number of ketones is 1. The second-order valence-corrected chi connectivity index (χ2v) is 8.89. The number of aromatic nitrogens is 2. The zero-order chi connectivity index (χ0) is 24.1. The van der Waals surface area contributed by atoms with Gasteiger partial charge in [0.1, 0.15) is 6.04 Å². The summed E-state index contributed by atoms with van der Waals surface area (Å²) in [6.45, 7) is 0. The lowest BCUT2D eigenvalue weighted by molar-refractivity contribution is -0.117. The largest absolute Gasteiger partial charge is 0.503 e. The molecular formula is C26H17N3O5S. The second-order valence-electron chi connectivity index (χ2n) is 7.88. The molecule has 6 rings (SSSR count). The van der Waals surface area contributed by atoms with Crippen LogP contribution in [0.15, 0.2) is 88.7 Å². The Morgan fingerprint density at radius 2 is 1.94 bits per heavy atom. The monoisotopic (exact) mass is 483 g/mol. The molecule has 0 fully saturated rings. The molecule has 0 saturated heterocycles. The molecule has 0 spiro atoms. The van der Waals surface area contributed by atoms with Gasteiger partial charge in [-0.1, -0.05) is 41.7 Å². The Hall–Kier alpha value is -4.50. The smallest absolute Gasteiger partial charge is 0.296 e. The molecule has 1 unspecified atom stereocenters. The van der Waals surface area contributed by atoms with Crippen molar-refractivity contribution in [1.29, 1.82) is 0 Å². The van der Waals surface area contributed by atoms with Crippen LogP contribution in [0, 0.1) is 0 Å². The summed E-state index contributed by atoms with van der Waals surface area (Å²) in [7, 11) is 1.51. The van der Waals surface area contributed by atoms with Crippen LogP contribution in [0.2, 0.25) is 0 Å². The van der Waals surface area contributed by atoms with Crippen LogP contribution in [-0.4, -0.2) is 33.9 Å². The number of nitrogens with zero attached hydrogens (tertiary/aromatic N) is 3. The molecule has 172 valence electrons. The number of pyridine rings is 1. The summed E-state index contributed by atoms with van der Waals surface area (Å²) in [5.41, 5.74) is 1.41. The Morgan fingerprint density at radius 3 is 2.71 bits per heavy atom. The van der Waals surface area contributed by atoms with Gasteiger partial charge in [0.15, 0.2) is 28.0 Å². The van der Waals surface area contributed by atoms with Crippen molar-refractivity contribution in [2.24, 2.45) is 0 Å². The molecule has 0 saturated carbocycles. The molecule has 4 heterocycles. The molecule has 0 bridgehead atoms. The minimum atomic E-state index is -0.980. The van der Waals surface area contributed by atoms with Crippen LogP contribution in [0.1, 0.15) is 22.3 Å². The number of aliphatic hydroxyl groups is 1. The van der Waals surface area contributed by atoms with Crippen LogP contribution in [0.5, 0.6) is 5.75 Å². The number of amides is 1. The minimum absolute atomic E-state index is 0.0223. The topological polar surface area (TPSA) is 106 Å². The lowest BCUT2D eigenvalue weighted by Gasteiger charge is -2.23. The summed E-state index contributed by atoms with van der Waals surface area (Å²) in [4.78, 5) is 37.4. The van der Waals surface area contributed by atoms with Gasteiger partial charge in [-0.2, -0.15) is 0 Å². The van der Waals surface area contributed by atoms with Crippen molar-refractivity contribution in [3.63, 3.8) is 0 Å². The number of hydrogen-bond donors (Lipinski definition) is 1. The van der Waals surface area contributed by atoms with Gasteiger partial charge >= 0.3 is 0 Å². The van der Waals surface area contributed by atoms with Gasteiger partial charge in [-0.25, -0.2) is 4.98 Å². The summed E-state index contributed by atoms with van der Waals surface area (Å²) in [6.07, 6.45) is 1.57. The number of carbonyl (C=O) groups excluding carboxylic acids is 2. The first-order chi connectivity index (χ1) is 17.1. The van der Waals surface area contributed by atoms with E-state index in [2.05, 4.69) is 9.97 Å². The average molecular weight is 484 g/mol. The van der Waals surface area contributed by atoms with Crippen LogP contribution < -0.4 is 9.64 Å².